The average molecular weight is 395 g/mol. The van der Waals surface area contributed by atoms with Crippen molar-refractivity contribution in [3.8, 4) is 0 Å². The average Bonchev–Trinajstić information content (AvgIpc) is 3.08. The van der Waals surface area contributed by atoms with Gasteiger partial charge in [-0.05, 0) is 11.8 Å². The second kappa shape index (κ2) is 10.4. The van der Waals surface area contributed by atoms with Crippen LogP contribution < -0.4 is 16.0 Å². The molecule has 0 fully saturated rings. The van der Waals surface area contributed by atoms with E-state index in [1.165, 1.54) is 19.4 Å². The summed E-state index contributed by atoms with van der Waals surface area (Å²) >= 11 is 0. The van der Waals surface area contributed by atoms with E-state index < -0.39 is 35.9 Å². The van der Waals surface area contributed by atoms with Crippen LogP contribution in [0.2, 0.25) is 0 Å². The largest absolute Gasteiger partial charge is 0.480 e. The number of carboxylic acid groups (broad SMARTS) is 1. The summed E-state index contributed by atoms with van der Waals surface area (Å²) in [5.74, 6) is -3.15. The number of carboxylic acids is 1. The maximum atomic E-state index is 12.7. The van der Waals surface area contributed by atoms with Crippen molar-refractivity contribution in [2.45, 2.75) is 59.2 Å². The van der Waals surface area contributed by atoms with E-state index >= 15 is 0 Å². The Morgan fingerprint density at radius 2 is 1.54 bits per heavy atom. The van der Waals surface area contributed by atoms with Crippen LogP contribution in [0, 0.1) is 11.8 Å². The molecular weight excluding hydrogens is 366 g/mol. The maximum absolute atomic E-state index is 12.7. The Hall–Kier alpha value is -2.91. The number of aromatic nitrogens is 2. The molecule has 1 rings (SSSR count). The summed E-state index contributed by atoms with van der Waals surface area (Å²) in [6.45, 7) is 8.32. The quantitative estimate of drug-likeness (QED) is 0.370. The molecule has 0 aromatic carbocycles. The van der Waals surface area contributed by atoms with Crippen molar-refractivity contribution >= 4 is 23.7 Å². The molecule has 0 saturated heterocycles. The Balaban J connectivity index is 2.87. The lowest BCUT2D eigenvalue weighted by molar-refractivity contribution is -0.142. The Labute approximate surface area is 163 Å². The fraction of sp³-hybridized carbons (Fsp3) is 0.611. The van der Waals surface area contributed by atoms with Gasteiger partial charge in [0, 0.05) is 25.2 Å². The van der Waals surface area contributed by atoms with Gasteiger partial charge in [0.15, 0.2) is 0 Å². The van der Waals surface area contributed by atoms with Crippen molar-refractivity contribution in [1.82, 2.24) is 25.9 Å². The fourth-order valence-corrected chi connectivity index (χ4v) is 2.61. The number of amides is 3. The molecule has 156 valence electrons. The molecule has 1 aromatic heterocycles. The Kier molecular flexibility index (Phi) is 8.62. The number of hydrogen-bond acceptors (Lipinski definition) is 5. The molecule has 3 atom stereocenters. The highest BCUT2D eigenvalue weighted by molar-refractivity contribution is 5.93. The summed E-state index contributed by atoms with van der Waals surface area (Å²) in [7, 11) is 0. The number of aromatic amines is 1. The van der Waals surface area contributed by atoms with Gasteiger partial charge >= 0.3 is 5.97 Å². The zero-order valence-electron chi connectivity index (χ0n) is 16.8. The highest BCUT2D eigenvalue weighted by Crippen LogP contribution is 2.08. The van der Waals surface area contributed by atoms with Gasteiger partial charge in [-0.1, -0.05) is 27.7 Å². The molecule has 0 spiro atoms. The molecule has 3 amide bonds. The lowest BCUT2D eigenvalue weighted by Gasteiger charge is -2.27. The molecule has 0 aliphatic rings. The van der Waals surface area contributed by atoms with Crippen LogP contribution in [0.5, 0.6) is 0 Å². The van der Waals surface area contributed by atoms with E-state index in [1.807, 2.05) is 0 Å². The summed E-state index contributed by atoms with van der Waals surface area (Å²) in [4.78, 5) is 54.7. The fourth-order valence-electron chi connectivity index (χ4n) is 2.61. The lowest BCUT2D eigenvalue weighted by atomic mass is 9.99. The summed E-state index contributed by atoms with van der Waals surface area (Å²) in [5, 5.41) is 17.1. The molecule has 0 aliphatic carbocycles. The van der Waals surface area contributed by atoms with Gasteiger partial charge in [0.1, 0.15) is 18.1 Å². The van der Waals surface area contributed by atoms with Crippen molar-refractivity contribution in [2.24, 2.45) is 11.8 Å². The first-order chi connectivity index (χ1) is 13.0. The monoisotopic (exact) mass is 395 g/mol. The summed E-state index contributed by atoms with van der Waals surface area (Å²) in [6.07, 6.45) is 2.92. The van der Waals surface area contributed by atoms with Crippen LogP contribution in [0.15, 0.2) is 12.5 Å². The number of nitrogens with one attached hydrogen (secondary N) is 4. The zero-order chi connectivity index (χ0) is 21.4. The predicted octanol–water partition coefficient (Wildman–Crippen LogP) is -0.177. The van der Waals surface area contributed by atoms with Crippen molar-refractivity contribution in [3.05, 3.63) is 18.2 Å². The van der Waals surface area contributed by atoms with Gasteiger partial charge in [-0.25, -0.2) is 9.78 Å². The number of H-pyrrole nitrogens is 1. The van der Waals surface area contributed by atoms with E-state index in [4.69, 9.17) is 0 Å². The second-order valence-corrected chi connectivity index (χ2v) is 7.33. The van der Waals surface area contributed by atoms with Gasteiger partial charge in [-0.2, -0.15) is 0 Å². The van der Waals surface area contributed by atoms with Crippen molar-refractivity contribution in [1.29, 1.82) is 0 Å². The Bertz CT molecular complexity index is 687. The molecule has 1 aromatic rings. The first kappa shape index (κ1) is 23.1. The minimum absolute atomic E-state index is 0.0281. The Morgan fingerprint density at radius 3 is 1.96 bits per heavy atom. The van der Waals surface area contributed by atoms with Crippen LogP contribution in [0.1, 0.15) is 40.3 Å². The van der Waals surface area contributed by atoms with Crippen LogP contribution in [0.4, 0.5) is 0 Å². The van der Waals surface area contributed by atoms with Gasteiger partial charge in [-0.3, -0.25) is 14.4 Å². The van der Waals surface area contributed by atoms with E-state index in [0.29, 0.717) is 5.69 Å². The van der Waals surface area contributed by atoms with Crippen LogP contribution in [0.3, 0.4) is 0 Å². The van der Waals surface area contributed by atoms with Gasteiger partial charge in [0.2, 0.25) is 17.7 Å². The first-order valence-electron chi connectivity index (χ1n) is 9.10. The normalized spacial score (nSPS) is 14.2. The number of carbonyl (C=O) groups is 4. The van der Waals surface area contributed by atoms with Crippen LogP contribution in [-0.2, 0) is 25.6 Å². The highest BCUT2D eigenvalue weighted by Gasteiger charge is 2.32. The summed E-state index contributed by atoms with van der Waals surface area (Å²) < 4.78 is 0. The van der Waals surface area contributed by atoms with E-state index in [-0.39, 0.29) is 24.2 Å². The molecule has 1 heterocycles. The van der Waals surface area contributed by atoms with Gasteiger partial charge < -0.3 is 26.0 Å². The maximum Gasteiger partial charge on any atom is 0.326 e. The van der Waals surface area contributed by atoms with Crippen molar-refractivity contribution in [2.75, 3.05) is 0 Å². The molecule has 28 heavy (non-hydrogen) atoms. The molecule has 0 aliphatic heterocycles. The SMILES string of the molecule is CC(=O)N[C@@H](C(=O)N[C@@H](C(=O)N[C@H](Cc1cnc[nH]1)C(=O)O)C(C)C)C(C)C. The van der Waals surface area contributed by atoms with Gasteiger partial charge in [0.25, 0.3) is 0 Å². The number of carbonyl (C=O) groups excluding carboxylic acids is 3. The molecular formula is C18H29N5O5. The zero-order valence-corrected chi connectivity index (χ0v) is 16.8. The topological polar surface area (TPSA) is 153 Å². The summed E-state index contributed by atoms with van der Waals surface area (Å²) in [6, 6.07) is -2.93. The molecule has 5 N–H and O–H groups in total. The van der Waals surface area contributed by atoms with Crippen LogP contribution >= 0.6 is 0 Å². The summed E-state index contributed by atoms with van der Waals surface area (Å²) in [5.41, 5.74) is 0.559. The lowest BCUT2D eigenvalue weighted by Crippen LogP contribution is -2.58. The van der Waals surface area contributed by atoms with Gasteiger partial charge in [0.05, 0.1) is 6.33 Å². The third-order valence-electron chi connectivity index (χ3n) is 4.15. The smallest absolute Gasteiger partial charge is 0.326 e. The first-order valence-corrected chi connectivity index (χ1v) is 9.10. The number of rotatable bonds is 10. The Morgan fingerprint density at radius 1 is 1.00 bits per heavy atom. The molecule has 0 unspecified atom stereocenters. The number of hydrogen-bond donors (Lipinski definition) is 5. The number of nitrogens with zero attached hydrogens (tertiary/aromatic N) is 1. The molecule has 10 nitrogen and oxygen atoms in total. The van der Waals surface area contributed by atoms with Crippen molar-refractivity contribution < 1.29 is 24.3 Å². The van der Waals surface area contributed by atoms with Crippen LogP contribution in [-0.4, -0.2) is 56.9 Å². The molecule has 0 bridgehead atoms. The third kappa shape index (κ3) is 7.01. The minimum atomic E-state index is -1.20. The standard InChI is InChI=1S/C18H29N5O5/c1-9(2)14(21-11(5)24)17(26)23-15(10(3)4)16(25)22-13(18(27)28)6-12-7-19-8-20-12/h7-10,13-15H,6H2,1-5H3,(H,19,20)(H,21,24)(H,22,25)(H,23,26)(H,27,28)/t13-,14-,15-/m1/s1. The van der Waals surface area contributed by atoms with Gasteiger partial charge in [-0.15, -0.1) is 0 Å². The van der Waals surface area contributed by atoms with Crippen molar-refractivity contribution in [3.63, 3.8) is 0 Å². The van der Waals surface area contributed by atoms with E-state index in [1.54, 1.807) is 27.7 Å². The number of imidazole rings is 1. The minimum Gasteiger partial charge on any atom is -0.480 e. The van der Waals surface area contributed by atoms with E-state index in [2.05, 4.69) is 25.9 Å². The van der Waals surface area contributed by atoms with Crippen LogP contribution in [0.25, 0.3) is 0 Å². The second-order valence-electron chi connectivity index (χ2n) is 7.33. The number of aliphatic carboxylic acids is 1. The van der Waals surface area contributed by atoms with E-state index in [9.17, 15) is 24.3 Å². The molecule has 0 saturated carbocycles. The predicted molar refractivity (Wildman–Crippen MR) is 101 cm³/mol. The molecule has 10 heteroatoms. The molecule has 0 radical (unpaired) electrons. The third-order valence-corrected chi connectivity index (χ3v) is 4.15. The van der Waals surface area contributed by atoms with E-state index in [0.717, 1.165) is 0 Å². The highest BCUT2D eigenvalue weighted by atomic mass is 16.4.